The number of aromatic amines is 1. The van der Waals surface area contributed by atoms with E-state index in [-0.39, 0.29) is 22.9 Å². The fourth-order valence-electron chi connectivity index (χ4n) is 7.17. The van der Waals surface area contributed by atoms with E-state index in [2.05, 4.69) is 141 Å². The summed E-state index contributed by atoms with van der Waals surface area (Å²) in [6.45, 7) is 10.2. The minimum atomic E-state index is -2.68. The first-order valence-corrected chi connectivity index (χ1v) is 17.2. The van der Waals surface area contributed by atoms with Crippen LogP contribution in [0.15, 0.2) is 91.1 Å². The third kappa shape index (κ3) is 4.95. The Morgan fingerprint density at radius 2 is 1.69 bits per heavy atom. The summed E-state index contributed by atoms with van der Waals surface area (Å²) in [7, 11) is -0.530. The van der Waals surface area contributed by atoms with E-state index in [0.717, 1.165) is 12.8 Å². The lowest BCUT2D eigenvalue weighted by Crippen LogP contribution is -2.67. The fraction of sp³-hybridized carbons (Fsp3) is 0.361. The molecule has 0 saturated carbocycles. The smallest absolute Gasteiger partial charge is 0.261 e. The number of benzene rings is 3. The molecule has 3 atom stereocenters. The lowest BCUT2D eigenvalue weighted by atomic mass is 9.80. The van der Waals surface area contributed by atoms with Crippen LogP contribution < -0.4 is 15.7 Å². The molecule has 4 aromatic rings. The largest absolute Gasteiger partial charge is 0.405 e. The molecule has 3 aromatic carbocycles. The van der Waals surface area contributed by atoms with Crippen molar-refractivity contribution in [3.8, 4) is 0 Å². The van der Waals surface area contributed by atoms with Crippen LogP contribution in [0.2, 0.25) is 5.04 Å². The first-order valence-electron chi connectivity index (χ1n) is 15.3. The van der Waals surface area contributed by atoms with Crippen LogP contribution >= 0.6 is 0 Å². The van der Waals surface area contributed by atoms with Crippen molar-refractivity contribution in [1.29, 1.82) is 0 Å². The van der Waals surface area contributed by atoms with Gasteiger partial charge in [-0.25, -0.2) is 0 Å². The van der Waals surface area contributed by atoms with Gasteiger partial charge in [0.25, 0.3) is 8.32 Å². The molecule has 0 radical (unpaired) electrons. The van der Waals surface area contributed by atoms with Gasteiger partial charge < -0.3 is 14.7 Å². The molecule has 0 bridgehead atoms. The number of carbonyl (C=O) groups is 1. The maximum Gasteiger partial charge on any atom is 0.261 e. The molecule has 2 N–H and O–H groups in total. The first kappa shape index (κ1) is 28.7. The molecule has 2 heterocycles. The molecule has 42 heavy (non-hydrogen) atoms. The van der Waals surface area contributed by atoms with E-state index in [1.165, 1.54) is 38.0 Å². The summed E-state index contributed by atoms with van der Waals surface area (Å²) < 4.78 is 7.18. The Morgan fingerprint density at radius 3 is 2.31 bits per heavy atom. The summed E-state index contributed by atoms with van der Waals surface area (Å²) in [5.74, 6) is -0.128. The van der Waals surface area contributed by atoms with Crippen molar-refractivity contribution >= 4 is 41.1 Å². The number of nitrogens with one attached hydrogen (secondary N) is 2. The van der Waals surface area contributed by atoms with Crippen molar-refractivity contribution < 1.29 is 9.22 Å². The quantitative estimate of drug-likeness (QED) is 0.272. The number of rotatable bonds is 8. The maximum absolute atomic E-state index is 13.9. The maximum atomic E-state index is 13.9. The van der Waals surface area contributed by atoms with Gasteiger partial charge in [-0.15, -0.1) is 0 Å². The number of hydrogen-bond acceptors (Lipinski definition) is 3. The zero-order valence-corrected chi connectivity index (χ0v) is 26.5. The molecule has 6 rings (SSSR count). The SMILES string of the molecule is CC[C@@H](CO[Si](c1ccccc1)(c1ccccc1)C(C)(C)C)NC(=O)[C@@H]1C=C2c3cccc4[nH]cc(c34)C[C@H]2N(C)C1. The van der Waals surface area contributed by atoms with Gasteiger partial charge >= 0.3 is 0 Å². The Bertz CT molecular complexity index is 1550. The van der Waals surface area contributed by atoms with Crippen molar-refractivity contribution in [1.82, 2.24) is 15.2 Å². The molecule has 0 fully saturated rings. The van der Waals surface area contributed by atoms with E-state index in [4.69, 9.17) is 4.43 Å². The topological polar surface area (TPSA) is 57.4 Å². The molecular weight excluding hydrogens is 535 g/mol. The van der Waals surface area contributed by atoms with Gasteiger partial charge in [-0.2, -0.15) is 0 Å². The van der Waals surface area contributed by atoms with Crippen molar-refractivity contribution in [3.05, 3.63) is 102 Å². The Morgan fingerprint density at radius 1 is 1.02 bits per heavy atom. The predicted octanol–water partition coefficient (Wildman–Crippen LogP) is 5.51. The van der Waals surface area contributed by atoms with Crippen LogP contribution in [0.25, 0.3) is 16.5 Å². The van der Waals surface area contributed by atoms with Crippen LogP contribution in [-0.2, 0) is 15.6 Å². The third-order valence-electron chi connectivity index (χ3n) is 9.36. The zero-order valence-electron chi connectivity index (χ0n) is 25.5. The van der Waals surface area contributed by atoms with Crippen molar-refractivity contribution in [2.24, 2.45) is 5.92 Å². The molecule has 2 aliphatic rings. The summed E-state index contributed by atoms with van der Waals surface area (Å²) in [5, 5.41) is 7.11. The highest BCUT2D eigenvalue weighted by Crippen LogP contribution is 2.41. The van der Waals surface area contributed by atoms with Crippen LogP contribution in [0, 0.1) is 5.92 Å². The van der Waals surface area contributed by atoms with E-state index in [0.29, 0.717) is 19.2 Å². The third-order valence-corrected chi connectivity index (χ3v) is 14.4. The highest BCUT2D eigenvalue weighted by Gasteiger charge is 2.50. The van der Waals surface area contributed by atoms with E-state index < -0.39 is 8.32 Å². The second-order valence-corrected chi connectivity index (χ2v) is 17.3. The normalized spacial score (nSPS) is 19.7. The number of H-pyrrole nitrogens is 1. The summed E-state index contributed by atoms with van der Waals surface area (Å²) >= 11 is 0. The average Bonchev–Trinajstić information content (AvgIpc) is 3.41. The first-order chi connectivity index (χ1) is 20.2. The van der Waals surface area contributed by atoms with Gasteiger partial charge in [0.15, 0.2) is 0 Å². The number of fused-ring (bicyclic) bond motifs is 2. The van der Waals surface area contributed by atoms with E-state index in [1.54, 1.807) is 0 Å². The lowest BCUT2D eigenvalue weighted by Gasteiger charge is -2.44. The molecule has 1 aromatic heterocycles. The summed E-state index contributed by atoms with van der Waals surface area (Å²) in [5.41, 5.74) is 5.07. The number of amides is 1. The van der Waals surface area contributed by atoms with Gasteiger partial charge in [0, 0.05) is 29.7 Å². The van der Waals surface area contributed by atoms with Crippen molar-refractivity contribution in [2.75, 3.05) is 20.2 Å². The highest BCUT2D eigenvalue weighted by atomic mass is 28.4. The standard InChI is InChI=1S/C36H43N3O2Si/c1-6-27(24-41-42(36(2,3)4,28-14-9-7-10-15-28)29-16-11-8-12-17-29)38-35(40)26-20-31-30-18-13-19-32-34(30)25(22-37-32)21-33(31)39(5)23-26/h7-20,22,26-27,33,37H,6,21,23-24H2,1-5H3,(H,38,40)/t26-,27+,33-/m1/s1. The monoisotopic (exact) mass is 577 g/mol. The molecule has 5 nitrogen and oxygen atoms in total. The van der Waals surface area contributed by atoms with Gasteiger partial charge in [0.2, 0.25) is 5.91 Å². The summed E-state index contributed by atoms with van der Waals surface area (Å²) in [4.78, 5) is 19.6. The van der Waals surface area contributed by atoms with Gasteiger partial charge in [0.1, 0.15) is 0 Å². The Labute approximate surface area is 251 Å². The van der Waals surface area contributed by atoms with E-state index >= 15 is 0 Å². The highest BCUT2D eigenvalue weighted by molar-refractivity contribution is 6.99. The zero-order chi connectivity index (χ0) is 29.5. The van der Waals surface area contributed by atoms with Crippen molar-refractivity contribution in [2.45, 2.75) is 57.7 Å². The van der Waals surface area contributed by atoms with E-state index in [1.807, 2.05) is 0 Å². The van der Waals surface area contributed by atoms with Crippen LogP contribution in [0.3, 0.4) is 0 Å². The molecule has 1 aliphatic heterocycles. The Balaban J connectivity index is 1.26. The molecule has 0 unspecified atom stereocenters. The molecule has 1 amide bonds. The summed E-state index contributed by atoms with van der Waals surface area (Å²) in [6.07, 6.45) is 6.16. The molecule has 1 aliphatic carbocycles. The number of likely N-dealkylation sites (N-methyl/N-ethyl adjacent to an activating group) is 1. The van der Waals surface area contributed by atoms with Gasteiger partial charge in [0.05, 0.1) is 18.6 Å². The van der Waals surface area contributed by atoms with Crippen LogP contribution in [0.5, 0.6) is 0 Å². The molecule has 6 heteroatoms. The Hall–Kier alpha value is -3.45. The number of aromatic nitrogens is 1. The van der Waals surface area contributed by atoms with Crippen LogP contribution in [0.1, 0.15) is 45.2 Å². The summed E-state index contributed by atoms with van der Waals surface area (Å²) in [6, 6.07) is 28.1. The minimum absolute atomic E-state index is 0.0772. The van der Waals surface area contributed by atoms with Crippen molar-refractivity contribution in [3.63, 3.8) is 0 Å². The second-order valence-electron chi connectivity index (χ2n) is 13.0. The molecule has 0 saturated heterocycles. The number of nitrogens with zero attached hydrogens (tertiary/aromatic N) is 1. The second kappa shape index (κ2) is 11.3. The predicted molar refractivity (Wildman–Crippen MR) is 176 cm³/mol. The molecule has 0 spiro atoms. The molecular formula is C36H43N3O2Si. The van der Waals surface area contributed by atoms with Gasteiger partial charge in [-0.3, -0.25) is 9.69 Å². The average molecular weight is 578 g/mol. The van der Waals surface area contributed by atoms with Crippen LogP contribution in [-0.4, -0.2) is 56.4 Å². The fourth-order valence-corrected chi connectivity index (χ4v) is 11.8. The Kier molecular flexibility index (Phi) is 7.73. The van der Waals surface area contributed by atoms with Gasteiger partial charge in [-0.1, -0.05) is 107 Å². The molecule has 218 valence electrons. The number of hydrogen-bond donors (Lipinski definition) is 2. The lowest BCUT2D eigenvalue weighted by molar-refractivity contribution is -0.125. The minimum Gasteiger partial charge on any atom is -0.405 e. The number of carbonyl (C=O) groups excluding carboxylic acids is 1. The van der Waals surface area contributed by atoms with E-state index in [9.17, 15) is 4.79 Å². The van der Waals surface area contributed by atoms with Gasteiger partial charge in [-0.05, 0) is 58.1 Å². The van der Waals surface area contributed by atoms with Crippen LogP contribution in [0.4, 0.5) is 0 Å².